The first-order valence-electron chi connectivity index (χ1n) is 6.75. The highest BCUT2D eigenvalue weighted by atomic mass is 19.1. The molecule has 0 aliphatic carbocycles. The zero-order chi connectivity index (χ0) is 15.7. The Morgan fingerprint density at radius 3 is 2.73 bits per heavy atom. The smallest absolute Gasteiger partial charge is 0.336 e. The molecule has 0 bridgehead atoms. The van der Waals surface area contributed by atoms with Gasteiger partial charge in [-0.25, -0.2) is 9.18 Å². The summed E-state index contributed by atoms with van der Waals surface area (Å²) in [4.78, 5) is 11.4. The van der Waals surface area contributed by atoms with Crippen molar-refractivity contribution < 1.29 is 19.0 Å². The van der Waals surface area contributed by atoms with Crippen LogP contribution in [0.15, 0.2) is 48.7 Å². The average Bonchev–Trinajstić information content (AvgIpc) is 2.83. The fourth-order valence-corrected chi connectivity index (χ4v) is 2.54. The highest BCUT2D eigenvalue weighted by Gasteiger charge is 2.16. The molecule has 0 fully saturated rings. The van der Waals surface area contributed by atoms with Crippen LogP contribution in [-0.4, -0.2) is 15.6 Å². The Morgan fingerprint density at radius 2 is 2.00 bits per heavy atom. The van der Waals surface area contributed by atoms with Gasteiger partial charge in [0.05, 0.1) is 5.56 Å². The number of hydrogen-bond acceptors (Lipinski definition) is 2. The van der Waals surface area contributed by atoms with Crippen molar-refractivity contribution in [3.05, 3.63) is 65.6 Å². The van der Waals surface area contributed by atoms with Crippen molar-refractivity contribution in [2.75, 3.05) is 0 Å². The Labute approximate surface area is 126 Å². The third kappa shape index (κ3) is 2.41. The molecule has 1 aromatic heterocycles. The molecule has 112 valence electrons. The fourth-order valence-electron chi connectivity index (χ4n) is 2.54. The fraction of sp³-hybridized carbons (Fsp3) is 0.118. The highest BCUT2D eigenvalue weighted by Crippen LogP contribution is 2.26. The molecule has 0 spiro atoms. The van der Waals surface area contributed by atoms with Gasteiger partial charge < -0.3 is 14.4 Å². The van der Waals surface area contributed by atoms with Crippen LogP contribution < -0.4 is 4.74 Å². The van der Waals surface area contributed by atoms with E-state index in [-0.39, 0.29) is 17.9 Å². The van der Waals surface area contributed by atoms with E-state index >= 15 is 0 Å². The Balaban J connectivity index is 2.01. The summed E-state index contributed by atoms with van der Waals surface area (Å²) in [5, 5.41) is 9.96. The number of aromatic carboxylic acids is 1. The Kier molecular flexibility index (Phi) is 3.55. The summed E-state index contributed by atoms with van der Waals surface area (Å²) in [5.41, 5.74) is 1.72. The molecule has 2 aromatic carbocycles. The maximum atomic E-state index is 13.6. The maximum absolute atomic E-state index is 13.6. The van der Waals surface area contributed by atoms with Crippen molar-refractivity contribution in [3.8, 4) is 5.75 Å². The molecule has 0 saturated heterocycles. The predicted octanol–water partition coefficient (Wildman–Crippen LogP) is 3.59. The van der Waals surface area contributed by atoms with E-state index in [9.17, 15) is 14.3 Å². The van der Waals surface area contributed by atoms with Crippen LogP contribution in [0.4, 0.5) is 4.39 Å². The molecule has 0 unspecified atom stereocenters. The molecule has 0 amide bonds. The SMILES string of the molecule is Cn1cc(COc2ccccc2F)c2c(C(=O)O)cccc21. The second-order valence-electron chi connectivity index (χ2n) is 4.99. The number of aromatic nitrogens is 1. The standard InChI is InChI=1S/C17H14FNO3/c1-19-9-11(10-22-15-8-3-2-6-13(15)18)16-12(17(20)21)5-4-7-14(16)19/h2-9H,10H2,1H3,(H,20,21). The molecule has 0 aliphatic rings. The number of carboxylic acids is 1. The minimum absolute atomic E-state index is 0.0998. The van der Waals surface area contributed by atoms with Crippen LogP contribution >= 0.6 is 0 Å². The third-order valence-corrected chi connectivity index (χ3v) is 3.54. The molecule has 3 aromatic rings. The lowest BCUT2D eigenvalue weighted by atomic mass is 10.1. The lowest BCUT2D eigenvalue weighted by molar-refractivity contribution is 0.0699. The summed E-state index contributed by atoms with van der Waals surface area (Å²) in [7, 11) is 1.83. The molecular formula is C17H14FNO3. The van der Waals surface area contributed by atoms with E-state index in [1.165, 1.54) is 6.07 Å². The summed E-state index contributed by atoms with van der Waals surface area (Å²) < 4.78 is 20.9. The summed E-state index contributed by atoms with van der Waals surface area (Å²) in [6, 6.07) is 11.2. The van der Waals surface area contributed by atoms with E-state index in [1.54, 1.807) is 36.5 Å². The maximum Gasteiger partial charge on any atom is 0.336 e. The number of carboxylic acid groups (broad SMARTS) is 1. The number of rotatable bonds is 4. The zero-order valence-corrected chi connectivity index (χ0v) is 11.9. The monoisotopic (exact) mass is 299 g/mol. The molecule has 0 radical (unpaired) electrons. The lowest BCUT2D eigenvalue weighted by Crippen LogP contribution is -2.01. The number of carbonyl (C=O) groups is 1. The van der Waals surface area contributed by atoms with Crippen molar-refractivity contribution in [3.63, 3.8) is 0 Å². The third-order valence-electron chi connectivity index (χ3n) is 3.54. The first kappa shape index (κ1) is 14.1. The van der Waals surface area contributed by atoms with Gasteiger partial charge in [0.1, 0.15) is 6.61 Å². The second-order valence-corrected chi connectivity index (χ2v) is 4.99. The number of ether oxygens (including phenoxy) is 1. The van der Waals surface area contributed by atoms with E-state index in [2.05, 4.69) is 0 Å². The molecule has 4 nitrogen and oxygen atoms in total. The van der Waals surface area contributed by atoms with Crippen molar-refractivity contribution in [2.24, 2.45) is 7.05 Å². The quantitative estimate of drug-likeness (QED) is 0.801. The molecule has 0 saturated carbocycles. The van der Waals surface area contributed by atoms with Crippen molar-refractivity contribution in [2.45, 2.75) is 6.61 Å². The van der Waals surface area contributed by atoms with E-state index in [0.29, 0.717) is 10.9 Å². The van der Waals surface area contributed by atoms with Gasteiger partial charge in [-0.05, 0) is 24.3 Å². The molecular weight excluding hydrogens is 285 g/mol. The van der Waals surface area contributed by atoms with E-state index in [0.717, 1.165) is 5.52 Å². The van der Waals surface area contributed by atoms with Gasteiger partial charge >= 0.3 is 5.97 Å². The number of para-hydroxylation sites is 1. The molecule has 1 heterocycles. The Bertz CT molecular complexity index is 854. The van der Waals surface area contributed by atoms with E-state index in [1.807, 2.05) is 17.7 Å². The summed E-state index contributed by atoms with van der Waals surface area (Å²) in [5.74, 6) is -1.29. The van der Waals surface area contributed by atoms with Crippen LogP contribution in [0.2, 0.25) is 0 Å². The van der Waals surface area contributed by atoms with Gasteiger partial charge in [0.25, 0.3) is 0 Å². The van der Waals surface area contributed by atoms with Crippen LogP contribution in [0.3, 0.4) is 0 Å². The van der Waals surface area contributed by atoms with E-state index in [4.69, 9.17) is 4.74 Å². The van der Waals surface area contributed by atoms with Gasteiger partial charge in [-0.1, -0.05) is 18.2 Å². The molecule has 3 rings (SSSR count). The molecule has 1 N–H and O–H groups in total. The number of benzene rings is 2. The topological polar surface area (TPSA) is 51.5 Å². The van der Waals surface area contributed by atoms with Crippen LogP contribution in [-0.2, 0) is 13.7 Å². The van der Waals surface area contributed by atoms with Gasteiger partial charge in [0, 0.05) is 29.7 Å². The van der Waals surface area contributed by atoms with Crippen molar-refractivity contribution in [1.82, 2.24) is 4.57 Å². The summed E-state index contributed by atoms with van der Waals surface area (Å²) in [6.45, 7) is 0.0998. The van der Waals surface area contributed by atoms with Crippen LogP contribution in [0.1, 0.15) is 15.9 Å². The normalized spacial score (nSPS) is 10.8. The van der Waals surface area contributed by atoms with Crippen molar-refractivity contribution >= 4 is 16.9 Å². The first-order chi connectivity index (χ1) is 10.6. The van der Waals surface area contributed by atoms with E-state index < -0.39 is 11.8 Å². The van der Waals surface area contributed by atoms with Gasteiger partial charge in [-0.15, -0.1) is 0 Å². The van der Waals surface area contributed by atoms with Crippen LogP contribution in [0.25, 0.3) is 10.9 Å². The summed E-state index contributed by atoms with van der Waals surface area (Å²) >= 11 is 0. The number of fused-ring (bicyclic) bond motifs is 1. The minimum atomic E-state index is -0.996. The lowest BCUT2D eigenvalue weighted by Gasteiger charge is -2.07. The largest absolute Gasteiger partial charge is 0.486 e. The average molecular weight is 299 g/mol. The highest BCUT2D eigenvalue weighted by molar-refractivity contribution is 6.04. The number of halogens is 1. The Morgan fingerprint density at radius 1 is 1.23 bits per heavy atom. The number of hydrogen-bond donors (Lipinski definition) is 1. The molecule has 5 heteroatoms. The van der Waals surface area contributed by atoms with Crippen LogP contribution in [0.5, 0.6) is 5.75 Å². The van der Waals surface area contributed by atoms with Gasteiger partial charge in [0.2, 0.25) is 0 Å². The second kappa shape index (κ2) is 5.52. The minimum Gasteiger partial charge on any atom is -0.486 e. The Hall–Kier alpha value is -2.82. The van der Waals surface area contributed by atoms with Gasteiger partial charge in [-0.2, -0.15) is 0 Å². The molecule has 0 aliphatic heterocycles. The zero-order valence-electron chi connectivity index (χ0n) is 11.9. The molecule has 22 heavy (non-hydrogen) atoms. The van der Waals surface area contributed by atoms with Gasteiger partial charge in [-0.3, -0.25) is 0 Å². The predicted molar refractivity (Wildman–Crippen MR) is 80.6 cm³/mol. The number of aryl methyl sites for hydroxylation is 1. The van der Waals surface area contributed by atoms with Crippen molar-refractivity contribution in [1.29, 1.82) is 0 Å². The van der Waals surface area contributed by atoms with Crippen LogP contribution in [0, 0.1) is 5.82 Å². The van der Waals surface area contributed by atoms with Gasteiger partial charge in [0.15, 0.2) is 11.6 Å². The first-order valence-corrected chi connectivity index (χ1v) is 6.75. The number of nitrogens with zero attached hydrogens (tertiary/aromatic N) is 1. The molecule has 0 atom stereocenters. The summed E-state index contributed by atoms with van der Waals surface area (Å²) in [6.07, 6.45) is 1.80.